The van der Waals surface area contributed by atoms with E-state index in [0.717, 1.165) is 18.9 Å². The summed E-state index contributed by atoms with van der Waals surface area (Å²) >= 11 is 0. The quantitative estimate of drug-likeness (QED) is 0.695. The monoisotopic (exact) mass is 277 g/mol. The van der Waals surface area contributed by atoms with E-state index in [1.807, 2.05) is 0 Å². The molecule has 0 aliphatic heterocycles. The van der Waals surface area contributed by atoms with Gasteiger partial charge < -0.3 is 10.1 Å². The van der Waals surface area contributed by atoms with Crippen molar-refractivity contribution in [2.24, 2.45) is 5.92 Å². The van der Waals surface area contributed by atoms with Crippen LogP contribution < -0.4 is 10.1 Å². The van der Waals surface area contributed by atoms with E-state index >= 15 is 0 Å². The van der Waals surface area contributed by atoms with E-state index in [1.54, 1.807) is 0 Å². The zero-order chi connectivity index (χ0) is 15.0. The molecule has 0 spiro atoms. The van der Waals surface area contributed by atoms with Gasteiger partial charge in [0, 0.05) is 6.04 Å². The molecule has 2 heteroatoms. The van der Waals surface area contributed by atoms with Gasteiger partial charge in [-0.2, -0.15) is 0 Å². The van der Waals surface area contributed by atoms with Gasteiger partial charge in [-0.1, -0.05) is 45.7 Å². The SMILES string of the molecule is CCCNC(C)c1ccc(OCC(CC)CC)c(C)c1. The molecule has 1 N–H and O–H groups in total. The van der Waals surface area contributed by atoms with Gasteiger partial charge in [0.15, 0.2) is 0 Å². The number of ether oxygens (including phenoxy) is 1. The molecule has 0 aliphatic rings. The van der Waals surface area contributed by atoms with Crippen LogP contribution in [0.3, 0.4) is 0 Å². The summed E-state index contributed by atoms with van der Waals surface area (Å²) in [6, 6.07) is 6.96. The lowest BCUT2D eigenvalue weighted by Crippen LogP contribution is -2.19. The van der Waals surface area contributed by atoms with E-state index in [2.05, 4.69) is 58.1 Å². The van der Waals surface area contributed by atoms with Gasteiger partial charge in [0.2, 0.25) is 0 Å². The molecule has 0 heterocycles. The van der Waals surface area contributed by atoms with Crippen molar-refractivity contribution in [3.8, 4) is 5.75 Å². The van der Waals surface area contributed by atoms with Gasteiger partial charge in [-0.25, -0.2) is 0 Å². The van der Waals surface area contributed by atoms with Crippen LogP contribution in [0, 0.1) is 12.8 Å². The summed E-state index contributed by atoms with van der Waals surface area (Å²) in [6.45, 7) is 12.9. The van der Waals surface area contributed by atoms with E-state index in [1.165, 1.54) is 30.4 Å². The third-order valence-corrected chi connectivity index (χ3v) is 4.03. The van der Waals surface area contributed by atoms with E-state index < -0.39 is 0 Å². The standard InChI is InChI=1S/C18H31NO/c1-6-11-19-15(5)17-9-10-18(14(4)12-17)20-13-16(7-2)8-3/h9-10,12,15-16,19H,6-8,11,13H2,1-5H3. The molecule has 0 bridgehead atoms. The summed E-state index contributed by atoms with van der Waals surface area (Å²) in [7, 11) is 0. The Kier molecular flexibility index (Phi) is 7.68. The molecule has 1 aromatic rings. The van der Waals surface area contributed by atoms with E-state index in [4.69, 9.17) is 4.74 Å². The highest BCUT2D eigenvalue weighted by molar-refractivity contribution is 5.37. The first kappa shape index (κ1) is 17.0. The maximum atomic E-state index is 5.98. The average Bonchev–Trinajstić information content (AvgIpc) is 2.47. The Morgan fingerprint density at radius 3 is 2.40 bits per heavy atom. The molecule has 20 heavy (non-hydrogen) atoms. The minimum absolute atomic E-state index is 0.404. The van der Waals surface area contributed by atoms with Crippen LogP contribution in [0.15, 0.2) is 18.2 Å². The van der Waals surface area contributed by atoms with Gasteiger partial charge in [-0.05, 0) is 49.9 Å². The summed E-state index contributed by atoms with van der Waals surface area (Å²) in [5.74, 6) is 1.70. The second-order valence-corrected chi connectivity index (χ2v) is 5.69. The third kappa shape index (κ3) is 5.16. The molecule has 1 atom stereocenters. The third-order valence-electron chi connectivity index (χ3n) is 4.03. The maximum Gasteiger partial charge on any atom is 0.122 e. The zero-order valence-electron chi connectivity index (χ0n) is 13.8. The topological polar surface area (TPSA) is 21.3 Å². The average molecular weight is 277 g/mol. The Morgan fingerprint density at radius 1 is 1.15 bits per heavy atom. The van der Waals surface area contributed by atoms with Crippen LogP contribution in [0.1, 0.15) is 64.1 Å². The van der Waals surface area contributed by atoms with Crippen molar-refractivity contribution < 1.29 is 4.74 Å². The lowest BCUT2D eigenvalue weighted by Gasteiger charge is -2.18. The fraction of sp³-hybridized carbons (Fsp3) is 0.667. The Hall–Kier alpha value is -1.02. The largest absolute Gasteiger partial charge is 0.493 e. The van der Waals surface area contributed by atoms with Crippen LogP contribution in [0.5, 0.6) is 5.75 Å². The van der Waals surface area contributed by atoms with Gasteiger partial charge in [0.05, 0.1) is 6.61 Å². The predicted molar refractivity (Wildman–Crippen MR) is 87.5 cm³/mol. The molecular weight excluding hydrogens is 246 g/mol. The maximum absolute atomic E-state index is 5.98. The summed E-state index contributed by atoms with van der Waals surface area (Å²) < 4.78 is 5.98. The molecule has 1 unspecified atom stereocenters. The number of rotatable bonds is 9. The van der Waals surface area contributed by atoms with Crippen LogP contribution in [-0.4, -0.2) is 13.2 Å². The summed E-state index contributed by atoms with van der Waals surface area (Å²) in [5, 5.41) is 3.52. The van der Waals surface area contributed by atoms with Crippen LogP contribution in [0.4, 0.5) is 0 Å². The molecule has 0 fully saturated rings. The van der Waals surface area contributed by atoms with Gasteiger partial charge in [-0.3, -0.25) is 0 Å². The highest BCUT2D eigenvalue weighted by Gasteiger charge is 2.09. The predicted octanol–water partition coefficient (Wildman–Crippen LogP) is 4.87. The Labute approximate surface area is 124 Å². The smallest absolute Gasteiger partial charge is 0.122 e. The molecule has 0 amide bonds. The van der Waals surface area contributed by atoms with Crippen molar-refractivity contribution in [3.05, 3.63) is 29.3 Å². The second-order valence-electron chi connectivity index (χ2n) is 5.69. The molecule has 114 valence electrons. The van der Waals surface area contributed by atoms with Crippen LogP contribution in [0.25, 0.3) is 0 Å². The lowest BCUT2D eigenvalue weighted by molar-refractivity contribution is 0.239. The Bertz CT molecular complexity index is 385. The molecular formula is C18H31NO. The van der Waals surface area contributed by atoms with Crippen molar-refractivity contribution in [2.75, 3.05) is 13.2 Å². The highest BCUT2D eigenvalue weighted by atomic mass is 16.5. The Morgan fingerprint density at radius 2 is 1.85 bits per heavy atom. The minimum atomic E-state index is 0.404. The molecule has 1 rings (SSSR count). The normalized spacial score (nSPS) is 12.7. The van der Waals surface area contributed by atoms with Crippen molar-refractivity contribution in [1.82, 2.24) is 5.32 Å². The first-order valence-electron chi connectivity index (χ1n) is 8.09. The molecule has 1 aromatic carbocycles. The van der Waals surface area contributed by atoms with Crippen LogP contribution in [-0.2, 0) is 0 Å². The number of hydrogen-bond donors (Lipinski definition) is 1. The van der Waals surface area contributed by atoms with Crippen LogP contribution >= 0.6 is 0 Å². The summed E-state index contributed by atoms with van der Waals surface area (Å²) in [4.78, 5) is 0. The van der Waals surface area contributed by atoms with Crippen LogP contribution in [0.2, 0.25) is 0 Å². The fourth-order valence-corrected chi connectivity index (χ4v) is 2.31. The number of hydrogen-bond acceptors (Lipinski definition) is 2. The second kappa shape index (κ2) is 9.02. The van der Waals surface area contributed by atoms with Crippen molar-refractivity contribution in [2.45, 2.75) is 59.9 Å². The fourth-order valence-electron chi connectivity index (χ4n) is 2.31. The van der Waals surface area contributed by atoms with Gasteiger partial charge >= 0.3 is 0 Å². The lowest BCUT2D eigenvalue weighted by atomic mass is 10.0. The summed E-state index contributed by atoms with van der Waals surface area (Å²) in [6.07, 6.45) is 3.54. The van der Waals surface area contributed by atoms with Gasteiger partial charge in [-0.15, -0.1) is 0 Å². The molecule has 0 aromatic heterocycles. The van der Waals surface area contributed by atoms with E-state index in [-0.39, 0.29) is 0 Å². The first-order chi connectivity index (χ1) is 9.62. The van der Waals surface area contributed by atoms with Gasteiger partial charge in [0.1, 0.15) is 5.75 Å². The highest BCUT2D eigenvalue weighted by Crippen LogP contribution is 2.24. The van der Waals surface area contributed by atoms with Crippen molar-refractivity contribution >= 4 is 0 Å². The van der Waals surface area contributed by atoms with Crippen molar-refractivity contribution in [1.29, 1.82) is 0 Å². The molecule has 2 nitrogen and oxygen atoms in total. The van der Waals surface area contributed by atoms with E-state index in [0.29, 0.717) is 12.0 Å². The molecule has 0 radical (unpaired) electrons. The molecule has 0 aliphatic carbocycles. The van der Waals surface area contributed by atoms with E-state index in [9.17, 15) is 0 Å². The number of benzene rings is 1. The van der Waals surface area contributed by atoms with Gasteiger partial charge in [0.25, 0.3) is 0 Å². The number of aryl methyl sites for hydroxylation is 1. The summed E-state index contributed by atoms with van der Waals surface area (Å²) in [5.41, 5.74) is 2.57. The first-order valence-corrected chi connectivity index (χ1v) is 8.09. The molecule has 0 saturated heterocycles. The molecule has 0 saturated carbocycles. The Balaban J connectivity index is 2.63. The minimum Gasteiger partial charge on any atom is -0.493 e. The van der Waals surface area contributed by atoms with Crippen molar-refractivity contribution in [3.63, 3.8) is 0 Å². The number of nitrogens with one attached hydrogen (secondary N) is 1. The zero-order valence-corrected chi connectivity index (χ0v) is 13.8.